The van der Waals surface area contributed by atoms with Crippen LogP contribution in [0.4, 0.5) is 0 Å². The molecule has 35 heavy (non-hydrogen) atoms. The topological polar surface area (TPSA) is 98.3 Å². The van der Waals surface area contributed by atoms with Gasteiger partial charge in [0.05, 0.1) is 30.0 Å². The number of likely N-dealkylation sites (tertiary alicyclic amines) is 1. The van der Waals surface area contributed by atoms with Gasteiger partial charge in [0, 0.05) is 44.4 Å². The van der Waals surface area contributed by atoms with Gasteiger partial charge in [0.15, 0.2) is 5.75 Å². The van der Waals surface area contributed by atoms with E-state index in [1.54, 1.807) is 56.2 Å². The molecule has 4 heterocycles. The minimum atomic E-state index is -0.197. The third-order valence-electron chi connectivity index (χ3n) is 6.64. The Morgan fingerprint density at radius 1 is 1.26 bits per heavy atom. The zero-order chi connectivity index (χ0) is 24.7. The van der Waals surface area contributed by atoms with E-state index in [9.17, 15) is 9.59 Å². The van der Waals surface area contributed by atoms with E-state index in [1.165, 1.54) is 0 Å². The Balaban J connectivity index is 1.49. The van der Waals surface area contributed by atoms with Gasteiger partial charge in [-0.2, -0.15) is 5.10 Å². The van der Waals surface area contributed by atoms with Crippen LogP contribution in [0.3, 0.4) is 0 Å². The predicted molar refractivity (Wildman–Crippen MR) is 130 cm³/mol. The first kappa shape index (κ1) is 22.9. The van der Waals surface area contributed by atoms with Gasteiger partial charge in [0.2, 0.25) is 0 Å². The Hall–Kier alpha value is -3.85. The number of aryl methyl sites for hydroxylation is 2. The average molecular weight is 477 g/mol. The van der Waals surface area contributed by atoms with Crippen LogP contribution in [-0.4, -0.2) is 59.7 Å². The zero-order valence-corrected chi connectivity index (χ0v) is 20.3. The van der Waals surface area contributed by atoms with Crippen molar-refractivity contribution in [1.29, 1.82) is 0 Å². The van der Waals surface area contributed by atoms with Gasteiger partial charge in [-0.05, 0) is 44.4 Å². The second-order valence-corrected chi connectivity index (χ2v) is 8.78. The molecular weight excluding hydrogens is 448 g/mol. The maximum absolute atomic E-state index is 13.4. The summed E-state index contributed by atoms with van der Waals surface area (Å²) in [5.41, 5.74) is 3.20. The molecule has 1 atom stereocenters. The van der Waals surface area contributed by atoms with Gasteiger partial charge in [0.1, 0.15) is 22.6 Å². The third kappa shape index (κ3) is 3.91. The molecule has 182 valence electrons. The highest BCUT2D eigenvalue weighted by Crippen LogP contribution is 2.34. The fourth-order valence-corrected chi connectivity index (χ4v) is 4.94. The molecule has 9 nitrogen and oxygen atoms in total. The van der Waals surface area contributed by atoms with E-state index >= 15 is 0 Å². The van der Waals surface area contributed by atoms with Crippen LogP contribution in [0.25, 0.3) is 16.5 Å². The van der Waals surface area contributed by atoms with Crippen LogP contribution < -0.4 is 10.1 Å². The molecule has 0 aliphatic carbocycles. The molecular formula is C26H28N4O5. The van der Waals surface area contributed by atoms with Gasteiger partial charge in [-0.3, -0.25) is 9.59 Å². The summed E-state index contributed by atoms with van der Waals surface area (Å²) < 4.78 is 19.0. The molecule has 0 radical (unpaired) electrons. The largest absolute Gasteiger partial charge is 0.460 e. The lowest BCUT2D eigenvalue weighted by Crippen LogP contribution is -2.38. The van der Waals surface area contributed by atoms with E-state index in [2.05, 4.69) is 10.4 Å². The fraction of sp³-hybridized carbons (Fsp3) is 0.346. The summed E-state index contributed by atoms with van der Waals surface area (Å²) >= 11 is 0. The van der Waals surface area contributed by atoms with Crippen molar-refractivity contribution in [2.24, 2.45) is 0 Å². The standard InChI is InChI=1S/C26H28N4O5/c1-15-20(26(32)29-11-5-6-17(29)14-33-4)13-30-24(15)21(9-10-28-30)35-18-7-8-19-22(12-18)34-16(2)23(19)25(31)27-3/h7-10,12-13,17H,5-6,11,14H2,1-4H3,(H,27,31)/t17-/m0/s1. The van der Waals surface area contributed by atoms with Crippen LogP contribution in [-0.2, 0) is 4.74 Å². The van der Waals surface area contributed by atoms with Crippen molar-refractivity contribution in [2.75, 3.05) is 27.3 Å². The second kappa shape index (κ2) is 9.07. The maximum atomic E-state index is 13.4. The molecule has 1 N–H and O–H groups in total. The van der Waals surface area contributed by atoms with E-state index in [1.807, 2.05) is 17.9 Å². The van der Waals surface area contributed by atoms with Crippen LogP contribution in [0.5, 0.6) is 11.5 Å². The molecule has 0 unspecified atom stereocenters. The van der Waals surface area contributed by atoms with E-state index < -0.39 is 0 Å². The summed E-state index contributed by atoms with van der Waals surface area (Å²) in [6.07, 6.45) is 5.31. The molecule has 1 aliphatic rings. The molecule has 1 saturated heterocycles. The van der Waals surface area contributed by atoms with E-state index in [0.717, 1.165) is 35.9 Å². The second-order valence-electron chi connectivity index (χ2n) is 8.78. The number of fused-ring (bicyclic) bond motifs is 2. The van der Waals surface area contributed by atoms with Crippen molar-refractivity contribution in [3.8, 4) is 11.5 Å². The Morgan fingerprint density at radius 2 is 2.09 bits per heavy atom. The number of hydrogen-bond acceptors (Lipinski definition) is 6. The van der Waals surface area contributed by atoms with E-state index in [4.69, 9.17) is 13.9 Å². The van der Waals surface area contributed by atoms with Crippen molar-refractivity contribution < 1.29 is 23.5 Å². The summed E-state index contributed by atoms with van der Waals surface area (Å²) in [5.74, 6) is 1.45. The number of ether oxygens (including phenoxy) is 2. The molecule has 0 saturated carbocycles. The van der Waals surface area contributed by atoms with Crippen molar-refractivity contribution in [3.05, 3.63) is 59.1 Å². The first-order valence-electron chi connectivity index (χ1n) is 11.6. The summed E-state index contributed by atoms with van der Waals surface area (Å²) in [6, 6.07) is 7.23. The molecule has 1 fully saturated rings. The Labute approximate surface area is 202 Å². The zero-order valence-electron chi connectivity index (χ0n) is 20.3. The van der Waals surface area contributed by atoms with Crippen molar-refractivity contribution >= 4 is 28.3 Å². The van der Waals surface area contributed by atoms with Crippen LogP contribution in [0.15, 0.2) is 41.1 Å². The summed E-state index contributed by atoms with van der Waals surface area (Å²) in [7, 11) is 3.25. The Kier molecular flexibility index (Phi) is 5.94. The molecule has 3 aromatic heterocycles. The molecule has 0 bridgehead atoms. The Morgan fingerprint density at radius 3 is 2.86 bits per heavy atom. The van der Waals surface area contributed by atoms with Crippen molar-refractivity contribution in [3.63, 3.8) is 0 Å². The highest BCUT2D eigenvalue weighted by Gasteiger charge is 2.31. The number of carbonyl (C=O) groups excluding carboxylic acids is 2. The number of methoxy groups -OCH3 is 1. The molecule has 0 spiro atoms. The monoisotopic (exact) mass is 476 g/mol. The summed E-state index contributed by atoms with van der Waals surface area (Å²) in [5, 5.41) is 7.77. The first-order valence-corrected chi connectivity index (χ1v) is 11.6. The number of benzene rings is 1. The maximum Gasteiger partial charge on any atom is 0.256 e. The highest BCUT2D eigenvalue weighted by atomic mass is 16.5. The molecule has 5 rings (SSSR count). The molecule has 1 aromatic carbocycles. The van der Waals surface area contributed by atoms with Gasteiger partial charge in [-0.1, -0.05) is 0 Å². The number of amides is 2. The lowest BCUT2D eigenvalue weighted by atomic mass is 10.1. The van der Waals surface area contributed by atoms with E-state index in [0.29, 0.717) is 40.6 Å². The first-order chi connectivity index (χ1) is 16.9. The van der Waals surface area contributed by atoms with Gasteiger partial charge in [-0.15, -0.1) is 0 Å². The van der Waals surface area contributed by atoms with Crippen LogP contribution in [0.2, 0.25) is 0 Å². The van der Waals surface area contributed by atoms with Gasteiger partial charge >= 0.3 is 0 Å². The van der Waals surface area contributed by atoms with Crippen molar-refractivity contribution in [1.82, 2.24) is 19.8 Å². The summed E-state index contributed by atoms with van der Waals surface area (Å²) in [6.45, 7) is 4.92. The number of aromatic nitrogens is 2. The number of furan rings is 1. The molecule has 2 amide bonds. The average Bonchev–Trinajstić information content (AvgIpc) is 3.54. The number of carbonyl (C=O) groups is 2. The minimum absolute atomic E-state index is 0.0206. The fourth-order valence-electron chi connectivity index (χ4n) is 4.94. The van der Waals surface area contributed by atoms with Gasteiger partial charge in [-0.25, -0.2) is 4.52 Å². The van der Waals surface area contributed by atoms with Crippen LogP contribution in [0.1, 0.15) is 44.9 Å². The van der Waals surface area contributed by atoms with Gasteiger partial charge in [0.25, 0.3) is 11.8 Å². The summed E-state index contributed by atoms with van der Waals surface area (Å²) in [4.78, 5) is 27.5. The van der Waals surface area contributed by atoms with Gasteiger partial charge < -0.3 is 24.1 Å². The lowest BCUT2D eigenvalue weighted by molar-refractivity contribution is 0.0630. The number of hydrogen-bond donors (Lipinski definition) is 1. The third-order valence-corrected chi connectivity index (χ3v) is 6.64. The number of nitrogens with zero attached hydrogens (tertiary/aromatic N) is 3. The normalized spacial score (nSPS) is 15.8. The Bertz CT molecular complexity index is 1440. The minimum Gasteiger partial charge on any atom is -0.460 e. The van der Waals surface area contributed by atoms with Crippen LogP contribution >= 0.6 is 0 Å². The quantitative estimate of drug-likeness (QED) is 0.450. The SMILES string of the molecule is CNC(=O)c1c(C)oc2cc(Oc3ccnn4cc(C(=O)N5CCC[C@H]5COC)c(C)c34)ccc12. The highest BCUT2D eigenvalue weighted by molar-refractivity contribution is 6.07. The lowest BCUT2D eigenvalue weighted by Gasteiger charge is -2.24. The molecule has 4 aromatic rings. The van der Waals surface area contributed by atoms with Crippen molar-refractivity contribution in [2.45, 2.75) is 32.7 Å². The number of rotatable bonds is 6. The molecule has 9 heteroatoms. The smallest absolute Gasteiger partial charge is 0.256 e. The van der Waals surface area contributed by atoms with Crippen LogP contribution in [0, 0.1) is 13.8 Å². The predicted octanol–water partition coefficient (Wildman–Crippen LogP) is 4.10. The van der Waals surface area contributed by atoms with E-state index in [-0.39, 0.29) is 17.9 Å². The number of nitrogens with one attached hydrogen (secondary N) is 1. The molecule has 1 aliphatic heterocycles.